The highest BCUT2D eigenvalue weighted by atomic mass is 16.5. The number of nitrogens with zero attached hydrogens (tertiary/aromatic N) is 2. The Balaban J connectivity index is 1.78. The van der Waals surface area contributed by atoms with E-state index in [0.717, 1.165) is 67.5 Å². The average Bonchev–Trinajstić information content (AvgIpc) is 3.36. The van der Waals surface area contributed by atoms with Crippen molar-refractivity contribution in [3.8, 4) is 22.4 Å². The quantitative estimate of drug-likeness (QED) is 0.0298. The fourth-order valence-corrected chi connectivity index (χ4v) is 6.08. The van der Waals surface area contributed by atoms with Gasteiger partial charge in [0.1, 0.15) is 11.5 Å². The monoisotopic (exact) mass is 608 g/mol. The lowest BCUT2D eigenvalue weighted by Gasteiger charge is -2.24. The molecule has 238 valence electrons. The van der Waals surface area contributed by atoms with Crippen molar-refractivity contribution in [2.45, 2.75) is 65.8 Å². The zero-order valence-corrected chi connectivity index (χ0v) is 27.3. The zero-order valence-electron chi connectivity index (χ0n) is 27.3. The predicted octanol–water partition coefficient (Wildman–Crippen LogP) is 7.87. The van der Waals surface area contributed by atoms with Crippen LogP contribution in [0.25, 0.3) is 39.0 Å². The lowest BCUT2D eigenvalue weighted by molar-refractivity contribution is -0.131. The molecular formula is C38H48N4O3. The molecule has 0 fully saturated rings. The summed E-state index contributed by atoms with van der Waals surface area (Å²) in [6.07, 6.45) is 7.59. The van der Waals surface area contributed by atoms with Crippen molar-refractivity contribution >= 4 is 23.1 Å². The topological polar surface area (TPSA) is 91.4 Å². The van der Waals surface area contributed by atoms with Crippen LogP contribution in [0, 0.1) is 5.41 Å². The lowest BCUT2D eigenvalue weighted by Crippen LogP contribution is -2.22. The number of aromatic nitrogens is 2. The van der Waals surface area contributed by atoms with Crippen molar-refractivity contribution in [2.75, 3.05) is 20.3 Å². The van der Waals surface area contributed by atoms with Crippen LogP contribution in [0.2, 0.25) is 0 Å². The number of aryl methyl sites for hydroxylation is 2. The van der Waals surface area contributed by atoms with Crippen LogP contribution in [-0.4, -0.2) is 36.3 Å². The van der Waals surface area contributed by atoms with E-state index in [1.54, 1.807) is 13.3 Å². The smallest absolute Gasteiger partial charge is 0.293 e. The summed E-state index contributed by atoms with van der Waals surface area (Å²) in [4.78, 5) is 15.8. The van der Waals surface area contributed by atoms with E-state index in [-0.39, 0.29) is 5.41 Å². The van der Waals surface area contributed by atoms with Gasteiger partial charge in [0.2, 0.25) is 0 Å². The normalized spacial score (nSPS) is 11.5. The molecule has 0 aliphatic heterocycles. The predicted molar refractivity (Wildman–Crippen MR) is 185 cm³/mol. The summed E-state index contributed by atoms with van der Waals surface area (Å²) in [5.74, 6) is 5.90. The minimum Gasteiger partial charge on any atom is -0.495 e. The first-order valence-electron chi connectivity index (χ1n) is 15.8. The molecule has 3 N–H and O–H groups in total. The van der Waals surface area contributed by atoms with Gasteiger partial charge in [-0.1, -0.05) is 62.9 Å². The Morgan fingerprint density at radius 3 is 2.60 bits per heavy atom. The highest BCUT2D eigenvalue weighted by Gasteiger charge is 2.28. The van der Waals surface area contributed by atoms with E-state index in [2.05, 4.69) is 97.4 Å². The maximum Gasteiger partial charge on any atom is 0.293 e. The highest BCUT2D eigenvalue weighted by molar-refractivity contribution is 5.96. The van der Waals surface area contributed by atoms with Gasteiger partial charge in [-0.3, -0.25) is 21.0 Å². The Bertz CT molecular complexity index is 1640. The van der Waals surface area contributed by atoms with Gasteiger partial charge in [0.05, 0.1) is 19.4 Å². The molecule has 0 aliphatic rings. The second kappa shape index (κ2) is 15.7. The first-order valence-corrected chi connectivity index (χ1v) is 15.8. The summed E-state index contributed by atoms with van der Waals surface area (Å²) >= 11 is 0. The number of fused-ring (bicyclic) bond motifs is 1. The van der Waals surface area contributed by atoms with Crippen LogP contribution in [0.5, 0.6) is 0 Å². The summed E-state index contributed by atoms with van der Waals surface area (Å²) in [6.45, 7) is 17.3. The summed E-state index contributed by atoms with van der Waals surface area (Å²) < 4.78 is 13.2. The van der Waals surface area contributed by atoms with Gasteiger partial charge in [0.25, 0.3) is 6.47 Å². The Kier molecular flexibility index (Phi) is 11.7. The van der Waals surface area contributed by atoms with Crippen molar-refractivity contribution < 1.29 is 14.3 Å². The maximum absolute atomic E-state index is 11.1. The van der Waals surface area contributed by atoms with Crippen LogP contribution in [0.15, 0.2) is 79.5 Å². The summed E-state index contributed by atoms with van der Waals surface area (Å²) in [6, 6.07) is 19.6. The van der Waals surface area contributed by atoms with Gasteiger partial charge < -0.3 is 14.0 Å². The standard InChI is InChI=1S/C38H48N4O3/c1-7-42-35-19-18-31(30-14-10-13-29(22-30)17-16-27(2)12-8-9-21-41-39)23-33(35)34(24-38(4,5)25-45-26-43)37(42)32-15-11-20-40-36(32)28(3)44-6/h10-11,13-15,18-20,22-23,26,41H,2-3,7-9,12,16-17,21,24-25,39H2,1,4-6H3. The van der Waals surface area contributed by atoms with Gasteiger partial charge in [-0.2, -0.15) is 0 Å². The number of hydrazine groups is 1. The molecule has 0 unspecified atom stereocenters. The van der Waals surface area contributed by atoms with Crippen LogP contribution in [-0.2, 0) is 33.7 Å². The molecular weight excluding hydrogens is 560 g/mol. The fourth-order valence-electron chi connectivity index (χ4n) is 6.08. The van der Waals surface area contributed by atoms with Gasteiger partial charge >= 0.3 is 0 Å². The third kappa shape index (κ3) is 8.29. The summed E-state index contributed by atoms with van der Waals surface area (Å²) in [7, 11) is 1.62. The Hall–Kier alpha value is -4.20. The van der Waals surface area contributed by atoms with Crippen LogP contribution >= 0.6 is 0 Å². The Morgan fingerprint density at radius 2 is 1.87 bits per heavy atom. The molecule has 7 nitrogen and oxygen atoms in total. The van der Waals surface area contributed by atoms with Crippen molar-refractivity contribution in [3.05, 3.63) is 96.3 Å². The van der Waals surface area contributed by atoms with E-state index >= 15 is 0 Å². The van der Waals surface area contributed by atoms with Crippen molar-refractivity contribution in [2.24, 2.45) is 11.3 Å². The van der Waals surface area contributed by atoms with Gasteiger partial charge in [-0.05, 0) is 92.0 Å². The minimum absolute atomic E-state index is 0.303. The van der Waals surface area contributed by atoms with Gasteiger partial charge in [-0.25, -0.2) is 0 Å². The molecule has 4 aromatic rings. The highest BCUT2D eigenvalue weighted by Crippen LogP contribution is 2.41. The third-order valence-corrected chi connectivity index (χ3v) is 8.38. The van der Waals surface area contributed by atoms with Gasteiger partial charge in [0, 0.05) is 41.2 Å². The number of unbranched alkanes of at least 4 members (excludes halogenated alkanes) is 1. The zero-order chi connectivity index (χ0) is 32.4. The molecule has 0 spiro atoms. The van der Waals surface area contributed by atoms with Crippen LogP contribution < -0.4 is 11.3 Å². The molecule has 4 rings (SSSR count). The first kappa shape index (κ1) is 33.7. The molecule has 0 amide bonds. The number of nitrogens with two attached hydrogens (primary N) is 1. The number of carbonyl (C=O) groups excluding carboxylic acids is 1. The summed E-state index contributed by atoms with van der Waals surface area (Å²) in [5, 5.41) is 1.17. The van der Waals surface area contributed by atoms with E-state index in [1.165, 1.54) is 27.6 Å². The van der Waals surface area contributed by atoms with Crippen LogP contribution in [0.3, 0.4) is 0 Å². The fraction of sp³-hybridized carbons (Fsp3) is 0.368. The summed E-state index contributed by atoms with van der Waals surface area (Å²) in [5.41, 5.74) is 12.4. The molecule has 0 atom stereocenters. The number of nitrogens with one attached hydrogen (secondary N) is 1. The number of allylic oxidation sites excluding steroid dienone is 1. The molecule has 2 aromatic heterocycles. The number of benzene rings is 2. The number of hydrogen-bond donors (Lipinski definition) is 2. The number of carbonyl (C=O) groups is 1. The molecule has 7 heteroatoms. The van der Waals surface area contributed by atoms with Crippen molar-refractivity contribution in [1.82, 2.24) is 15.0 Å². The lowest BCUT2D eigenvalue weighted by atomic mass is 9.84. The van der Waals surface area contributed by atoms with E-state index < -0.39 is 0 Å². The third-order valence-electron chi connectivity index (χ3n) is 8.38. The number of ether oxygens (including phenoxy) is 2. The number of rotatable bonds is 18. The average molecular weight is 609 g/mol. The molecule has 2 heterocycles. The largest absolute Gasteiger partial charge is 0.495 e. The number of hydrogen-bond acceptors (Lipinski definition) is 6. The number of pyridine rings is 1. The van der Waals surface area contributed by atoms with Crippen LogP contribution in [0.1, 0.15) is 63.3 Å². The molecule has 0 bridgehead atoms. The van der Waals surface area contributed by atoms with Gasteiger partial charge in [0.15, 0.2) is 0 Å². The van der Waals surface area contributed by atoms with Gasteiger partial charge in [-0.15, -0.1) is 0 Å². The van der Waals surface area contributed by atoms with Crippen molar-refractivity contribution in [3.63, 3.8) is 0 Å². The minimum atomic E-state index is -0.303. The van der Waals surface area contributed by atoms with E-state index in [4.69, 9.17) is 15.3 Å². The van der Waals surface area contributed by atoms with Crippen LogP contribution in [0.4, 0.5) is 0 Å². The van der Waals surface area contributed by atoms with E-state index in [1.807, 2.05) is 6.07 Å². The Labute approximate surface area is 268 Å². The second-order valence-electron chi connectivity index (χ2n) is 12.4. The van der Waals surface area contributed by atoms with E-state index in [0.29, 0.717) is 31.0 Å². The molecule has 0 saturated heterocycles. The number of methoxy groups -OCH3 is 1. The molecule has 0 aliphatic carbocycles. The van der Waals surface area contributed by atoms with Crippen molar-refractivity contribution in [1.29, 1.82) is 0 Å². The van der Waals surface area contributed by atoms with E-state index in [9.17, 15) is 4.79 Å². The molecule has 0 saturated carbocycles. The first-order chi connectivity index (χ1) is 21.7. The molecule has 45 heavy (non-hydrogen) atoms. The Morgan fingerprint density at radius 1 is 1.07 bits per heavy atom. The maximum atomic E-state index is 11.1. The SMILES string of the molecule is C=C(CCCCNN)CCc1cccc(-c2ccc3c(c2)c(CC(C)(C)COC=O)c(-c2cccnc2C(=C)OC)n3CC)c1. The molecule has 0 radical (unpaired) electrons. The molecule has 2 aromatic carbocycles. The second-order valence-corrected chi connectivity index (χ2v) is 12.4.